The van der Waals surface area contributed by atoms with Crippen LogP contribution < -0.4 is 10.5 Å². The molecular weight excluding hydrogens is 236 g/mol. The Balaban J connectivity index is 2.34. The molecule has 1 aromatic carbocycles. The summed E-state index contributed by atoms with van der Waals surface area (Å²) in [6, 6.07) is 6.12. The molecule has 3 nitrogen and oxygen atoms in total. The summed E-state index contributed by atoms with van der Waals surface area (Å²) in [5, 5.41) is 0.640. The van der Waals surface area contributed by atoms with Gasteiger partial charge >= 0.3 is 0 Å². The van der Waals surface area contributed by atoms with Gasteiger partial charge in [-0.15, -0.1) is 0 Å². The lowest BCUT2D eigenvalue weighted by Crippen LogP contribution is -2.39. The molecular formula is C13H19ClN2O. The van der Waals surface area contributed by atoms with E-state index in [1.807, 2.05) is 18.2 Å². The maximum absolute atomic E-state index is 6.33. The Morgan fingerprint density at radius 1 is 1.41 bits per heavy atom. The van der Waals surface area contributed by atoms with E-state index in [0.29, 0.717) is 10.8 Å². The average molecular weight is 255 g/mol. The summed E-state index contributed by atoms with van der Waals surface area (Å²) >= 11 is 6.16. The molecule has 0 amide bonds. The van der Waals surface area contributed by atoms with E-state index < -0.39 is 0 Å². The summed E-state index contributed by atoms with van der Waals surface area (Å²) < 4.78 is 5.16. The van der Waals surface area contributed by atoms with Crippen LogP contribution in [0.15, 0.2) is 18.2 Å². The highest BCUT2D eigenvalue weighted by Crippen LogP contribution is 2.46. The van der Waals surface area contributed by atoms with Crippen LogP contribution in [-0.2, 0) is 0 Å². The third-order valence-electron chi connectivity index (χ3n) is 3.38. The van der Waals surface area contributed by atoms with Crippen LogP contribution in [0.1, 0.15) is 24.4 Å². The van der Waals surface area contributed by atoms with E-state index in [2.05, 4.69) is 19.0 Å². The summed E-state index contributed by atoms with van der Waals surface area (Å²) in [4.78, 5) is 2.16. The number of hydrogen-bond acceptors (Lipinski definition) is 3. The number of methoxy groups -OCH3 is 1. The second-order valence-electron chi connectivity index (χ2n) is 4.99. The predicted molar refractivity (Wildman–Crippen MR) is 70.6 cm³/mol. The second kappa shape index (κ2) is 4.48. The third-order valence-corrected chi connectivity index (χ3v) is 3.68. The van der Waals surface area contributed by atoms with Crippen molar-refractivity contribution in [2.45, 2.75) is 24.4 Å². The summed E-state index contributed by atoms with van der Waals surface area (Å²) in [6.45, 7) is 0. The van der Waals surface area contributed by atoms with Gasteiger partial charge in [0.2, 0.25) is 0 Å². The van der Waals surface area contributed by atoms with E-state index >= 15 is 0 Å². The number of halogens is 1. The van der Waals surface area contributed by atoms with E-state index in [9.17, 15) is 0 Å². The van der Waals surface area contributed by atoms with E-state index in [0.717, 1.165) is 18.4 Å². The topological polar surface area (TPSA) is 38.5 Å². The van der Waals surface area contributed by atoms with Crippen molar-refractivity contribution in [2.75, 3.05) is 21.2 Å². The summed E-state index contributed by atoms with van der Waals surface area (Å²) in [6.07, 6.45) is 2.14. The molecule has 0 bridgehead atoms. The molecule has 2 N–H and O–H groups in total. The van der Waals surface area contributed by atoms with Gasteiger partial charge in [0.1, 0.15) is 5.75 Å². The zero-order valence-electron chi connectivity index (χ0n) is 10.5. The van der Waals surface area contributed by atoms with Gasteiger partial charge in [0.15, 0.2) is 0 Å². The van der Waals surface area contributed by atoms with Gasteiger partial charge in [-0.1, -0.05) is 17.7 Å². The Kier molecular flexibility index (Phi) is 3.34. The number of nitrogens with zero attached hydrogens (tertiary/aromatic N) is 1. The first kappa shape index (κ1) is 12.7. The maximum Gasteiger partial charge on any atom is 0.137 e. The van der Waals surface area contributed by atoms with Crippen molar-refractivity contribution in [2.24, 2.45) is 5.73 Å². The van der Waals surface area contributed by atoms with Crippen LogP contribution in [-0.4, -0.2) is 31.6 Å². The number of ether oxygens (including phenoxy) is 1. The number of likely N-dealkylation sites (N-methyl/N-ethyl adjacent to an activating group) is 1. The monoisotopic (exact) mass is 254 g/mol. The van der Waals surface area contributed by atoms with Crippen molar-refractivity contribution >= 4 is 11.6 Å². The van der Waals surface area contributed by atoms with E-state index in [-0.39, 0.29) is 11.6 Å². The van der Waals surface area contributed by atoms with Crippen LogP contribution in [0.25, 0.3) is 0 Å². The van der Waals surface area contributed by atoms with Crippen LogP contribution in [0, 0.1) is 0 Å². The summed E-state index contributed by atoms with van der Waals surface area (Å²) in [5.74, 6) is 0.704. The zero-order chi connectivity index (χ0) is 12.6. The highest BCUT2D eigenvalue weighted by molar-refractivity contribution is 6.32. The first-order valence-electron chi connectivity index (χ1n) is 5.77. The number of hydrogen-bond donors (Lipinski definition) is 1. The molecule has 0 saturated heterocycles. The van der Waals surface area contributed by atoms with E-state index in [4.69, 9.17) is 22.1 Å². The number of nitrogens with two attached hydrogens (primary N) is 1. The minimum absolute atomic E-state index is 0.0958. The smallest absolute Gasteiger partial charge is 0.137 e. The average Bonchev–Trinajstić information content (AvgIpc) is 2.96. The Bertz CT molecular complexity index is 416. The predicted octanol–water partition coefficient (Wildman–Crippen LogP) is 2.44. The SMILES string of the molecule is COc1ccc(C(N(C)C)C2(N)CC2)cc1Cl. The van der Waals surface area contributed by atoms with Crippen molar-refractivity contribution in [1.29, 1.82) is 0 Å². The molecule has 1 unspecified atom stereocenters. The molecule has 94 valence electrons. The van der Waals surface area contributed by atoms with Gasteiger partial charge in [-0.3, -0.25) is 0 Å². The van der Waals surface area contributed by atoms with E-state index in [1.54, 1.807) is 7.11 Å². The van der Waals surface area contributed by atoms with Crippen LogP contribution in [0.5, 0.6) is 5.75 Å². The molecule has 0 heterocycles. The first-order valence-corrected chi connectivity index (χ1v) is 6.14. The third kappa shape index (κ3) is 2.41. The lowest BCUT2D eigenvalue weighted by molar-refractivity contribution is 0.245. The van der Waals surface area contributed by atoms with Gasteiger partial charge in [-0.2, -0.15) is 0 Å². The molecule has 1 atom stereocenters. The number of rotatable bonds is 4. The molecule has 1 fully saturated rings. The van der Waals surface area contributed by atoms with Gasteiger partial charge in [-0.05, 0) is 44.6 Å². The van der Waals surface area contributed by atoms with Crippen molar-refractivity contribution in [3.63, 3.8) is 0 Å². The minimum atomic E-state index is -0.0958. The van der Waals surface area contributed by atoms with Crippen LogP contribution >= 0.6 is 11.6 Å². The molecule has 0 aliphatic heterocycles. The van der Waals surface area contributed by atoms with Crippen LogP contribution in [0.2, 0.25) is 5.02 Å². The van der Waals surface area contributed by atoms with E-state index in [1.165, 1.54) is 0 Å². The van der Waals surface area contributed by atoms with Crippen molar-refractivity contribution in [1.82, 2.24) is 4.90 Å². The molecule has 0 spiro atoms. The lowest BCUT2D eigenvalue weighted by atomic mass is 9.97. The van der Waals surface area contributed by atoms with Gasteiger partial charge < -0.3 is 15.4 Å². The minimum Gasteiger partial charge on any atom is -0.495 e. The van der Waals surface area contributed by atoms with Gasteiger partial charge in [0, 0.05) is 5.54 Å². The quantitative estimate of drug-likeness (QED) is 0.897. The van der Waals surface area contributed by atoms with Gasteiger partial charge in [0.25, 0.3) is 0 Å². The van der Waals surface area contributed by atoms with Gasteiger partial charge in [-0.25, -0.2) is 0 Å². The van der Waals surface area contributed by atoms with Gasteiger partial charge in [0.05, 0.1) is 18.2 Å². The fourth-order valence-corrected chi connectivity index (χ4v) is 2.68. The Hall–Kier alpha value is -0.770. The second-order valence-corrected chi connectivity index (χ2v) is 5.40. The molecule has 1 aliphatic carbocycles. The standard InChI is InChI=1S/C13H19ClN2O/c1-16(2)12(13(15)6-7-13)9-4-5-11(17-3)10(14)8-9/h4-5,8,12H,6-7,15H2,1-3H3. The Labute approximate surface area is 107 Å². The molecule has 4 heteroatoms. The fourth-order valence-electron chi connectivity index (χ4n) is 2.41. The molecule has 1 aliphatic rings. The molecule has 1 aromatic rings. The normalized spacial score (nSPS) is 19.2. The van der Waals surface area contributed by atoms with Crippen LogP contribution in [0.4, 0.5) is 0 Å². The van der Waals surface area contributed by atoms with Crippen molar-refractivity contribution in [3.8, 4) is 5.75 Å². The Morgan fingerprint density at radius 2 is 2.06 bits per heavy atom. The van der Waals surface area contributed by atoms with Crippen LogP contribution in [0.3, 0.4) is 0 Å². The van der Waals surface area contributed by atoms with Crippen molar-refractivity contribution in [3.05, 3.63) is 28.8 Å². The number of benzene rings is 1. The van der Waals surface area contributed by atoms with Crippen molar-refractivity contribution < 1.29 is 4.74 Å². The lowest BCUT2D eigenvalue weighted by Gasteiger charge is -2.30. The maximum atomic E-state index is 6.33. The molecule has 17 heavy (non-hydrogen) atoms. The highest BCUT2D eigenvalue weighted by Gasteiger charge is 2.47. The zero-order valence-corrected chi connectivity index (χ0v) is 11.3. The summed E-state index contributed by atoms with van der Waals surface area (Å²) in [7, 11) is 5.72. The first-order chi connectivity index (χ1) is 7.98. The molecule has 0 aromatic heterocycles. The highest BCUT2D eigenvalue weighted by atomic mass is 35.5. The molecule has 2 rings (SSSR count). The molecule has 0 radical (unpaired) electrons. The fraction of sp³-hybridized carbons (Fsp3) is 0.538. The summed E-state index contributed by atoms with van der Waals surface area (Å²) in [5.41, 5.74) is 7.39. The largest absolute Gasteiger partial charge is 0.495 e. The molecule has 1 saturated carbocycles. The Morgan fingerprint density at radius 3 is 2.47 bits per heavy atom.